The molecule has 0 aliphatic carbocycles. The van der Waals surface area contributed by atoms with Crippen molar-refractivity contribution in [3.8, 4) is 11.3 Å². The van der Waals surface area contributed by atoms with Crippen molar-refractivity contribution in [3.63, 3.8) is 0 Å². The van der Waals surface area contributed by atoms with Crippen molar-refractivity contribution in [2.45, 2.75) is 17.6 Å². The van der Waals surface area contributed by atoms with Crippen molar-refractivity contribution >= 4 is 22.7 Å². The van der Waals surface area contributed by atoms with E-state index in [1.54, 1.807) is 0 Å². The summed E-state index contributed by atoms with van der Waals surface area (Å²) >= 11 is 1.91. The molecule has 0 saturated carbocycles. The van der Waals surface area contributed by atoms with Crippen LogP contribution in [0.1, 0.15) is 11.1 Å². The Labute approximate surface area is 116 Å². The van der Waals surface area contributed by atoms with E-state index in [2.05, 4.69) is 55.5 Å². The number of aromatic nitrogens is 1. The van der Waals surface area contributed by atoms with Crippen LogP contribution in [-0.4, -0.2) is 4.98 Å². The van der Waals surface area contributed by atoms with Gasteiger partial charge in [0.15, 0.2) is 0 Å². The minimum absolute atomic E-state index is 1.02. The minimum Gasteiger partial charge on any atom is -0.247 e. The second-order valence-corrected chi connectivity index (χ2v) is 5.88. The van der Waals surface area contributed by atoms with Crippen molar-refractivity contribution in [2.24, 2.45) is 0 Å². The largest absolute Gasteiger partial charge is 0.247 e. The average Bonchev–Trinajstić information content (AvgIpc) is 2.47. The Morgan fingerprint density at radius 2 is 1.79 bits per heavy atom. The summed E-state index contributed by atoms with van der Waals surface area (Å²) in [6, 6.07) is 17.0. The maximum Gasteiger partial charge on any atom is 0.0764 e. The number of thioether (sulfide) groups is 1. The van der Waals surface area contributed by atoms with E-state index in [1.807, 2.05) is 11.8 Å². The van der Waals surface area contributed by atoms with Crippen LogP contribution in [-0.2, 0) is 5.75 Å². The molecule has 0 saturated heterocycles. The van der Waals surface area contributed by atoms with Crippen LogP contribution in [0.5, 0.6) is 0 Å². The van der Waals surface area contributed by atoms with Crippen LogP contribution in [0.25, 0.3) is 22.2 Å². The first-order chi connectivity index (χ1) is 9.34. The molecule has 92 valence electrons. The molecule has 19 heavy (non-hydrogen) atoms. The normalized spacial score (nSPS) is 13.1. The molecule has 2 heterocycles. The Morgan fingerprint density at radius 3 is 2.74 bits per heavy atom. The molecule has 0 fully saturated rings. The Kier molecular flexibility index (Phi) is 2.39. The number of nitrogens with zero attached hydrogens (tertiary/aromatic N) is 1. The molecule has 0 atom stereocenters. The van der Waals surface area contributed by atoms with Gasteiger partial charge < -0.3 is 0 Å². The van der Waals surface area contributed by atoms with E-state index in [4.69, 9.17) is 4.98 Å². The van der Waals surface area contributed by atoms with E-state index in [0.29, 0.717) is 0 Å². The van der Waals surface area contributed by atoms with E-state index in [1.165, 1.54) is 32.7 Å². The van der Waals surface area contributed by atoms with E-state index in [0.717, 1.165) is 11.3 Å². The molecule has 1 nitrogen and oxygen atoms in total. The zero-order chi connectivity index (χ0) is 12.8. The molecular formula is C17H13NS. The third kappa shape index (κ3) is 1.60. The summed E-state index contributed by atoms with van der Waals surface area (Å²) in [6.07, 6.45) is 0. The molecule has 0 spiro atoms. The number of pyridine rings is 1. The first kappa shape index (κ1) is 11.1. The number of para-hydroxylation sites is 1. The second kappa shape index (κ2) is 4.10. The molecule has 2 heteroatoms. The van der Waals surface area contributed by atoms with Crippen LogP contribution >= 0.6 is 11.8 Å². The van der Waals surface area contributed by atoms with Crippen LogP contribution in [0.2, 0.25) is 0 Å². The molecule has 0 radical (unpaired) electrons. The third-order valence-electron chi connectivity index (χ3n) is 3.79. The van der Waals surface area contributed by atoms with Gasteiger partial charge in [0.1, 0.15) is 0 Å². The Bertz CT molecular complexity index is 792. The molecule has 0 amide bonds. The van der Waals surface area contributed by atoms with E-state index >= 15 is 0 Å². The van der Waals surface area contributed by atoms with Gasteiger partial charge in [-0.05, 0) is 30.2 Å². The molecule has 4 rings (SSSR count). The van der Waals surface area contributed by atoms with Crippen molar-refractivity contribution in [1.82, 2.24) is 4.98 Å². The highest BCUT2D eigenvalue weighted by Crippen LogP contribution is 2.42. The highest BCUT2D eigenvalue weighted by Gasteiger charge is 2.20. The molecule has 3 aromatic rings. The molecule has 0 unspecified atom stereocenters. The molecule has 2 aromatic carbocycles. The van der Waals surface area contributed by atoms with Crippen LogP contribution in [0.3, 0.4) is 0 Å². The number of aryl methyl sites for hydroxylation is 1. The number of hydrogen-bond donors (Lipinski definition) is 0. The first-order valence-electron chi connectivity index (χ1n) is 6.45. The smallest absolute Gasteiger partial charge is 0.0764 e. The van der Waals surface area contributed by atoms with Crippen molar-refractivity contribution in [3.05, 3.63) is 59.7 Å². The number of hydrogen-bond acceptors (Lipinski definition) is 2. The van der Waals surface area contributed by atoms with Gasteiger partial charge in [0.05, 0.1) is 11.2 Å². The third-order valence-corrected chi connectivity index (χ3v) is 4.89. The SMILES string of the molecule is Cc1c2c(nc3ccccc13)-c1ccccc1SC2. The standard InChI is InChI=1S/C17H13NS/c1-11-12-6-2-4-8-15(12)18-17-13-7-3-5-9-16(13)19-10-14(11)17/h2-9H,10H2,1H3. The molecule has 1 aliphatic heterocycles. The zero-order valence-corrected chi connectivity index (χ0v) is 11.5. The van der Waals surface area contributed by atoms with Crippen molar-refractivity contribution < 1.29 is 0 Å². The highest BCUT2D eigenvalue weighted by molar-refractivity contribution is 7.98. The molecule has 0 N–H and O–H groups in total. The van der Waals surface area contributed by atoms with Gasteiger partial charge in [-0.2, -0.15) is 0 Å². The summed E-state index contributed by atoms with van der Waals surface area (Å²) in [5.74, 6) is 1.02. The lowest BCUT2D eigenvalue weighted by molar-refractivity contribution is 1.21. The van der Waals surface area contributed by atoms with Crippen LogP contribution in [0, 0.1) is 6.92 Å². The van der Waals surface area contributed by atoms with E-state index in [-0.39, 0.29) is 0 Å². The van der Waals surface area contributed by atoms with E-state index < -0.39 is 0 Å². The van der Waals surface area contributed by atoms with Gasteiger partial charge in [-0.3, -0.25) is 0 Å². The first-order valence-corrected chi connectivity index (χ1v) is 7.43. The maximum atomic E-state index is 4.90. The topological polar surface area (TPSA) is 12.9 Å². The number of rotatable bonds is 0. The Hall–Kier alpha value is -1.80. The molecule has 1 aromatic heterocycles. The molecule has 0 bridgehead atoms. The van der Waals surface area contributed by atoms with E-state index in [9.17, 15) is 0 Å². The second-order valence-electron chi connectivity index (χ2n) is 4.87. The minimum atomic E-state index is 1.02. The zero-order valence-electron chi connectivity index (χ0n) is 10.7. The summed E-state index contributed by atoms with van der Waals surface area (Å²) in [4.78, 5) is 6.25. The van der Waals surface area contributed by atoms with Crippen LogP contribution in [0.15, 0.2) is 53.4 Å². The summed E-state index contributed by atoms with van der Waals surface area (Å²) in [5.41, 5.74) is 6.32. The van der Waals surface area contributed by atoms with Gasteiger partial charge >= 0.3 is 0 Å². The fourth-order valence-electron chi connectivity index (χ4n) is 2.75. The van der Waals surface area contributed by atoms with Gasteiger partial charge in [0.25, 0.3) is 0 Å². The lowest BCUT2D eigenvalue weighted by Crippen LogP contribution is -2.02. The summed E-state index contributed by atoms with van der Waals surface area (Å²) in [7, 11) is 0. The quantitative estimate of drug-likeness (QED) is 0.577. The van der Waals surface area contributed by atoms with Gasteiger partial charge in [-0.25, -0.2) is 4.98 Å². The van der Waals surface area contributed by atoms with Crippen LogP contribution < -0.4 is 0 Å². The van der Waals surface area contributed by atoms with Crippen LogP contribution in [0.4, 0.5) is 0 Å². The summed E-state index contributed by atoms with van der Waals surface area (Å²) in [5, 5.41) is 1.28. The van der Waals surface area contributed by atoms with Crippen molar-refractivity contribution in [1.29, 1.82) is 0 Å². The fraction of sp³-hybridized carbons (Fsp3) is 0.118. The molecular weight excluding hydrogens is 250 g/mol. The van der Waals surface area contributed by atoms with Gasteiger partial charge in [0.2, 0.25) is 0 Å². The number of fused-ring (bicyclic) bond motifs is 4. The average molecular weight is 263 g/mol. The van der Waals surface area contributed by atoms with Gasteiger partial charge in [0, 0.05) is 21.6 Å². The Balaban J connectivity index is 2.11. The Morgan fingerprint density at radius 1 is 1.00 bits per heavy atom. The van der Waals surface area contributed by atoms with Gasteiger partial charge in [-0.1, -0.05) is 36.4 Å². The predicted molar refractivity (Wildman–Crippen MR) is 81.5 cm³/mol. The van der Waals surface area contributed by atoms with Gasteiger partial charge in [-0.15, -0.1) is 11.8 Å². The summed E-state index contributed by atoms with van der Waals surface area (Å²) in [6.45, 7) is 2.22. The lowest BCUT2D eigenvalue weighted by Gasteiger charge is -2.21. The monoisotopic (exact) mass is 263 g/mol. The highest BCUT2D eigenvalue weighted by atomic mass is 32.2. The number of benzene rings is 2. The maximum absolute atomic E-state index is 4.90. The van der Waals surface area contributed by atoms with Crippen molar-refractivity contribution in [2.75, 3.05) is 0 Å². The fourth-order valence-corrected chi connectivity index (χ4v) is 3.90. The molecule has 1 aliphatic rings. The summed E-state index contributed by atoms with van der Waals surface area (Å²) < 4.78 is 0. The predicted octanol–water partition coefficient (Wildman–Crippen LogP) is 4.82. The lowest BCUT2D eigenvalue weighted by atomic mass is 9.98.